The Labute approximate surface area is 145 Å². The number of amides is 2. The van der Waals surface area contributed by atoms with Crippen molar-refractivity contribution in [3.8, 4) is 0 Å². The molecular weight excluding hydrogens is 346 g/mol. The zero-order valence-electron chi connectivity index (χ0n) is 12.5. The lowest BCUT2D eigenvalue weighted by molar-refractivity contribution is 0.0736. The number of nitrogens with one attached hydrogen (secondary N) is 1. The Kier molecular flexibility index (Phi) is 3.91. The maximum absolute atomic E-state index is 12.4. The third-order valence-electron chi connectivity index (χ3n) is 3.79. The van der Waals surface area contributed by atoms with Crippen molar-refractivity contribution in [3.63, 3.8) is 0 Å². The average molecular weight is 359 g/mol. The molecule has 3 aromatic rings. The Morgan fingerprint density at radius 2 is 2.21 bits per heavy atom. The Balaban J connectivity index is 1.48. The number of hydrogen-bond donors (Lipinski definition) is 1. The monoisotopic (exact) mass is 359 g/mol. The summed E-state index contributed by atoms with van der Waals surface area (Å²) in [5.41, 5.74) is 2.13. The fraction of sp³-hybridized carbons (Fsp3) is 0.188. The number of furan rings is 1. The van der Waals surface area contributed by atoms with Gasteiger partial charge in [-0.1, -0.05) is 11.3 Å². The molecule has 0 radical (unpaired) electrons. The number of anilines is 1. The molecule has 3 aromatic heterocycles. The SMILES string of the molecule is O=C(Nc1nc2c(s1)CN(C(=O)c1ccsc1)CC2)c1ccoc1. The fourth-order valence-electron chi connectivity index (χ4n) is 2.55. The van der Waals surface area contributed by atoms with Crippen LogP contribution in [-0.4, -0.2) is 28.2 Å². The molecule has 0 aliphatic carbocycles. The highest BCUT2D eigenvalue weighted by atomic mass is 32.1. The fourth-order valence-corrected chi connectivity index (χ4v) is 4.20. The van der Waals surface area contributed by atoms with Crippen LogP contribution in [0.1, 0.15) is 31.3 Å². The van der Waals surface area contributed by atoms with E-state index >= 15 is 0 Å². The molecule has 2 amide bonds. The summed E-state index contributed by atoms with van der Waals surface area (Å²) < 4.78 is 4.91. The largest absolute Gasteiger partial charge is 0.472 e. The van der Waals surface area contributed by atoms with Gasteiger partial charge in [-0.15, -0.1) is 0 Å². The second kappa shape index (κ2) is 6.21. The molecule has 0 aromatic carbocycles. The normalized spacial score (nSPS) is 13.6. The lowest BCUT2D eigenvalue weighted by Gasteiger charge is -2.25. The van der Waals surface area contributed by atoms with Gasteiger partial charge < -0.3 is 9.32 Å². The predicted molar refractivity (Wildman–Crippen MR) is 91.5 cm³/mol. The van der Waals surface area contributed by atoms with Gasteiger partial charge in [0, 0.05) is 23.2 Å². The number of hydrogen-bond acceptors (Lipinski definition) is 6. The summed E-state index contributed by atoms with van der Waals surface area (Å²) in [6, 6.07) is 3.44. The van der Waals surface area contributed by atoms with Gasteiger partial charge in [-0.25, -0.2) is 4.98 Å². The quantitative estimate of drug-likeness (QED) is 0.779. The first kappa shape index (κ1) is 15.1. The minimum atomic E-state index is -0.249. The molecule has 1 aliphatic heterocycles. The summed E-state index contributed by atoms with van der Waals surface area (Å²) in [7, 11) is 0. The van der Waals surface area contributed by atoms with Crippen LogP contribution in [0, 0.1) is 0 Å². The molecule has 0 saturated heterocycles. The van der Waals surface area contributed by atoms with Gasteiger partial charge >= 0.3 is 0 Å². The minimum absolute atomic E-state index is 0.0410. The van der Waals surface area contributed by atoms with Crippen LogP contribution in [0.4, 0.5) is 5.13 Å². The molecule has 0 atom stereocenters. The molecule has 122 valence electrons. The van der Waals surface area contributed by atoms with Crippen LogP contribution in [0.15, 0.2) is 39.8 Å². The number of carbonyl (C=O) groups is 2. The Bertz CT molecular complexity index is 869. The van der Waals surface area contributed by atoms with Crippen molar-refractivity contribution in [2.45, 2.75) is 13.0 Å². The van der Waals surface area contributed by atoms with E-state index in [0.717, 1.165) is 16.1 Å². The molecule has 1 aliphatic rings. The molecule has 24 heavy (non-hydrogen) atoms. The van der Waals surface area contributed by atoms with Crippen molar-refractivity contribution < 1.29 is 14.0 Å². The van der Waals surface area contributed by atoms with E-state index in [1.54, 1.807) is 6.07 Å². The lowest BCUT2D eigenvalue weighted by Crippen LogP contribution is -2.35. The van der Waals surface area contributed by atoms with E-state index in [4.69, 9.17) is 4.42 Å². The van der Waals surface area contributed by atoms with E-state index in [-0.39, 0.29) is 11.8 Å². The zero-order valence-corrected chi connectivity index (χ0v) is 14.2. The van der Waals surface area contributed by atoms with E-state index in [1.807, 2.05) is 21.7 Å². The van der Waals surface area contributed by atoms with Crippen LogP contribution >= 0.6 is 22.7 Å². The molecule has 0 saturated carbocycles. The summed E-state index contributed by atoms with van der Waals surface area (Å²) in [6.45, 7) is 1.17. The predicted octanol–water partition coefficient (Wildman–Crippen LogP) is 3.25. The first-order valence-corrected chi connectivity index (χ1v) is 9.10. The number of fused-ring (bicyclic) bond motifs is 1. The number of carbonyl (C=O) groups excluding carboxylic acids is 2. The summed E-state index contributed by atoms with van der Waals surface area (Å²) in [5.74, 6) is -0.208. The molecule has 1 N–H and O–H groups in total. The smallest absolute Gasteiger partial charge is 0.260 e. The van der Waals surface area contributed by atoms with Gasteiger partial charge in [-0.05, 0) is 17.5 Å². The molecule has 0 bridgehead atoms. The van der Waals surface area contributed by atoms with E-state index in [9.17, 15) is 9.59 Å². The first-order chi connectivity index (χ1) is 11.7. The van der Waals surface area contributed by atoms with E-state index in [0.29, 0.717) is 30.2 Å². The van der Waals surface area contributed by atoms with E-state index in [2.05, 4.69) is 10.3 Å². The van der Waals surface area contributed by atoms with Crippen LogP contribution in [-0.2, 0) is 13.0 Å². The van der Waals surface area contributed by atoms with Crippen molar-refractivity contribution in [3.05, 3.63) is 57.1 Å². The van der Waals surface area contributed by atoms with Gasteiger partial charge in [0.05, 0.1) is 29.6 Å². The maximum atomic E-state index is 12.4. The van der Waals surface area contributed by atoms with Gasteiger partial charge in [0.25, 0.3) is 11.8 Å². The molecule has 6 nitrogen and oxygen atoms in total. The van der Waals surface area contributed by atoms with Crippen molar-refractivity contribution >= 4 is 39.6 Å². The Hall–Kier alpha value is -2.45. The van der Waals surface area contributed by atoms with E-state index in [1.165, 1.54) is 35.2 Å². The van der Waals surface area contributed by atoms with Crippen LogP contribution < -0.4 is 5.32 Å². The minimum Gasteiger partial charge on any atom is -0.472 e. The van der Waals surface area contributed by atoms with Gasteiger partial charge in [-0.3, -0.25) is 14.9 Å². The summed E-state index contributed by atoms with van der Waals surface area (Å²) in [6.07, 6.45) is 3.54. The van der Waals surface area contributed by atoms with Gasteiger partial charge in [0.2, 0.25) is 0 Å². The third-order valence-corrected chi connectivity index (χ3v) is 5.47. The summed E-state index contributed by atoms with van der Waals surface area (Å²) in [5, 5.41) is 7.10. The lowest BCUT2D eigenvalue weighted by atomic mass is 10.1. The van der Waals surface area contributed by atoms with Gasteiger partial charge in [-0.2, -0.15) is 11.3 Å². The van der Waals surface area contributed by atoms with Crippen molar-refractivity contribution in [1.82, 2.24) is 9.88 Å². The average Bonchev–Trinajstić information content (AvgIpc) is 3.32. The molecule has 4 rings (SSSR count). The molecule has 0 fully saturated rings. The van der Waals surface area contributed by atoms with Crippen molar-refractivity contribution in [2.75, 3.05) is 11.9 Å². The molecule has 4 heterocycles. The van der Waals surface area contributed by atoms with Crippen molar-refractivity contribution in [2.24, 2.45) is 0 Å². The van der Waals surface area contributed by atoms with Crippen LogP contribution in [0.2, 0.25) is 0 Å². The Morgan fingerprint density at radius 1 is 1.29 bits per heavy atom. The number of aromatic nitrogens is 1. The summed E-state index contributed by atoms with van der Waals surface area (Å²) in [4.78, 5) is 31.8. The molecular formula is C16H13N3O3S2. The number of thiophene rings is 1. The summed E-state index contributed by atoms with van der Waals surface area (Å²) >= 11 is 2.93. The van der Waals surface area contributed by atoms with Gasteiger partial charge in [0.15, 0.2) is 5.13 Å². The van der Waals surface area contributed by atoms with Gasteiger partial charge in [0.1, 0.15) is 6.26 Å². The van der Waals surface area contributed by atoms with Crippen LogP contribution in [0.25, 0.3) is 0 Å². The number of rotatable bonds is 3. The second-order valence-electron chi connectivity index (χ2n) is 5.34. The van der Waals surface area contributed by atoms with E-state index < -0.39 is 0 Å². The molecule has 0 spiro atoms. The number of thiazole rings is 1. The van der Waals surface area contributed by atoms with Crippen molar-refractivity contribution in [1.29, 1.82) is 0 Å². The van der Waals surface area contributed by atoms with Crippen LogP contribution in [0.3, 0.4) is 0 Å². The van der Waals surface area contributed by atoms with Crippen LogP contribution in [0.5, 0.6) is 0 Å². The first-order valence-electron chi connectivity index (χ1n) is 7.34. The molecule has 0 unspecified atom stereocenters. The third kappa shape index (κ3) is 2.85. The molecule has 8 heteroatoms. The second-order valence-corrected chi connectivity index (χ2v) is 7.21. The highest BCUT2D eigenvalue weighted by Crippen LogP contribution is 2.29. The standard InChI is InChI=1S/C16H13N3O3S2/c20-14(10-2-5-22-8-10)18-16-17-12-1-4-19(7-13(12)24-16)15(21)11-3-6-23-9-11/h2-3,5-6,8-9H,1,4,7H2,(H,17,18,20). The Morgan fingerprint density at radius 3 is 2.96 bits per heavy atom. The number of nitrogens with zero attached hydrogens (tertiary/aromatic N) is 2. The zero-order chi connectivity index (χ0) is 16.5. The highest BCUT2D eigenvalue weighted by molar-refractivity contribution is 7.15. The maximum Gasteiger partial charge on any atom is 0.260 e. The topological polar surface area (TPSA) is 75.4 Å². The highest BCUT2D eigenvalue weighted by Gasteiger charge is 2.25.